The van der Waals surface area contributed by atoms with E-state index in [0.29, 0.717) is 6.42 Å². The molecule has 0 rings (SSSR count). The van der Waals surface area contributed by atoms with Crippen molar-refractivity contribution in [3.05, 3.63) is 0 Å². The molecule has 0 aliphatic heterocycles. The molecule has 5 heteroatoms. The highest BCUT2D eigenvalue weighted by molar-refractivity contribution is 7.85. The molecule has 22 heavy (non-hydrogen) atoms. The zero-order valence-electron chi connectivity index (χ0n) is 14.3. The van der Waals surface area contributed by atoms with Crippen molar-refractivity contribution in [1.29, 1.82) is 0 Å². The van der Waals surface area contributed by atoms with Gasteiger partial charge in [0.25, 0.3) is 10.1 Å². The smallest absolute Gasteiger partial charge is 0.264 e. The lowest BCUT2D eigenvalue weighted by Gasteiger charge is -2.10. The highest BCUT2D eigenvalue weighted by Gasteiger charge is 2.05. The lowest BCUT2D eigenvalue weighted by Crippen LogP contribution is -2.06. The normalized spacial score (nSPS) is 13.4. The maximum atomic E-state index is 10.5. The standard InChI is InChI=1S/C17H36O4S/c1-2-3-4-5-8-11-14-17(18)15-12-9-6-7-10-13-16-22(19,20)21/h17-18H,2-16H2,1H3,(H,19,20,21). The fourth-order valence-electron chi connectivity index (χ4n) is 2.68. The van der Waals surface area contributed by atoms with Crippen LogP contribution in [0.15, 0.2) is 0 Å². The van der Waals surface area contributed by atoms with Crippen LogP contribution < -0.4 is 0 Å². The van der Waals surface area contributed by atoms with Gasteiger partial charge in [-0.15, -0.1) is 0 Å². The summed E-state index contributed by atoms with van der Waals surface area (Å²) in [6.45, 7) is 2.22. The van der Waals surface area contributed by atoms with Gasteiger partial charge in [0.05, 0.1) is 11.9 Å². The van der Waals surface area contributed by atoms with Gasteiger partial charge >= 0.3 is 0 Å². The van der Waals surface area contributed by atoms with Crippen molar-refractivity contribution in [2.75, 3.05) is 5.75 Å². The molecule has 0 fully saturated rings. The molecule has 2 N–H and O–H groups in total. The van der Waals surface area contributed by atoms with E-state index in [0.717, 1.165) is 51.4 Å². The van der Waals surface area contributed by atoms with Crippen LogP contribution >= 0.6 is 0 Å². The molecule has 0 heterocycles. The third-order valence-electron chi connectivity index (χ3n) is 4.08. The van der Waals surface area contributed by atoms with E-state index in [4.69, 9.17) is 4.55 Å². The zero-order chi connectivity index (χ0) is 16.7. The summed E-state index contributed by atoms with van der Waals surface area (Å²) in [7, 11) is -3.78. The van der Waals surface area contributed by atoms with Gasteiger partial charge in [-0.3, -0.25) is 4.55 Å². The summed E-state index contributed by atoms with van der Waals surface area (Å²) in [6.07, 6.45) is 14.9. The average molecular weight is 337 g/mol. The summed E-state index contributed by atoms with van der Waals surface area (Å²) in [5, 5.41) is 9.89. The van der Waals surface area contributed by atoms with Gasteiger partial charge in [0, 0.05) is 0 Å². The number of hydrogen-bond donors (Lipinski definition) is 2. The van der Waals surface area contributed by atoms with Crippen molar-refractivity contribution >= 4 is 10.1 Å². The average Bonchev–Trinajstić information content (AvgIpc) is 2.44. The minimum atomic E-state index is -3.78. The van der Waals surface area contributed by atoms with Gasteiger partial charge in [0.15, 0.2) is 0 Å². The SMILES string of the molecule is CCCCCCCCC(O)CCCCCCCCS(=O)(=O)O. The summed E-state index contributed by atoms with van der Waals surface area (Å²) >= 11 is 0. The Labute approximate surface area is 137 Å². The van der Waals surface area contributed by atoms with E-state index in [-0.39, 0.29) is 11.9 Å². The third-order valence-corrected chi connectivity index (χ3v) is 4.89. The Balaban J connectivity index is 3.23. The summed E-state index contributed by atoms with van der Waals surface area (Å²) in [6, 6.07) is 0. The minimum absolute atomic E-state index is 0.121. The molecule has 4 nitrogen and oxygen atoms in total. The number of aliphatic hydroxyl groups excluding tert-OH is 1. The first-order chi connectivity index (χ1) is 10.5. The van der Waals surface area contributed by atoms with Gasteiger partial charge < -0.3 is 5.11 Å². The topological polar surface area (TPSA) is 74.6 Å². The second-order valence-corrected chi connectivity index (χ2v) is 7.98. The first-order valence-corrected chi connectivity index (χ1v) is 10.7. The highest BCUT2D eigenvalue weighted by atomic mass is 32.2. The molecular weight excluding hydrogens is 300 g/mol. The van der Waals surface area contributed by atoms with Gasteiger partial charge in [-0.25, -0.2) is 0 Å². The van der Waals surface area contributed by atoms with E-state index in [1.54, 1.807) is 0 Å². The van der Waals surface area contributed by atoms with Crippen LogP contribution in [0.4, 0.5) is 0 Å². The van der Waals surface area contributed by atoms with Gasteiger partial charge in [-0.1, -0.05) is 77.6 Å². The Bertz CT molecular complexity index is 328. The predicted molar refractivity (Wildman–Crippen MR) is 92.7 cm³/mol. The molecule has 0 saturated heterocycles. The monoisotopic (exact) mass is 336 g/mol. The third kappa shape index (κ3) is 17.9. The van der Waals surface area contributed by atoms with Gasteiger partial charge in [-0.05, 0) is 19.3 Å². The molecule has 0 spiro atoms. The van der Waals surface area contributed by atoms with Crippen LogP contribution in [0.2, 0.25) is 0 Å². The Hall–Kier alpha value is -0.130. The Morgan fingerprint density at radius 3 is 1.59 bits per heavy atom. The predicted octanol–water partition coefficient (Wildman–Crippen LogP) is 4.72. The largest absolute Gasteiger partial charge is 0.393 e. The second-order valence-electron chi connectivity index (χ2n) is 6.41. The van der Waals surface area contributed by atoms with Crippen LogP contribution in [0.25, 0.3) is 0 Å². The molecule has 0 bridgehead atoms. The van der Waals surface area contributed by atoms with E-state index in [9.17, 15) is 13.5 Å². The number of unbranched alkanes of at least 4 members (excludes halogenated alkanes) is 10. The van der Waals surface area contributed by atoms with Crippen LogP contribution in [0.3, 0.4) is 0 Å². The lowest BCUT2D eigenvalue weighted by molar-refractivity contribution is 0.147. The molecule has 0 aromatic heterocycles. The Morgan fingerprint density at radius 2 is 1.14 bits per heavy atom. The lowest BCUT2D eigenvalue weighted by atomic mass is 10.0. The van der Waals surface area contributed by atoms with Crippen LogP contribution in [-0.4, -0.2) is 29.9 Å². The highest BCUT2D eigenvalue weighted by Crippen LogP contribution is 2.14. The van der Waals surface area contributed by atoms with Crippen molar-refractivity contribution in [1.82, 2.24) is 0 Å². The first-order valence-electron chi connectivity index (χ1n) is 9.09. The number of rotatable bonds is 16. The second kappa shape index (κ2) is 14.5. The Morgan fingerprint density at radius 1 is 0.727 bits per heavy atom. The number of aliphatic hydroxyl groups is 1. The summed E-state index contributed by atoms with van der Waals surface area (Å²) in [4.78, 5) is 0. The van der Waals surface area contributed by atoms with Crippen molar-refractivity contribution in [2.45, 2.75) is 103 Å². The summed E-state index contributed by atoms with van der Waals surface area (Å²) in [5.74, 6) is -0.121. The van der Waals surface area contributed by atoms with E-state index in [1.165, 1.54) is 32.1 Å². The van der Waals surface area contributed by atoms with Crippen molar-refractivity contribution in [3.63, 3.8) is 0 Å². The maximum absolute atomic E-state index is 10.5. The van der Waals surface area contributed by atoms with Gasteiger partial charge in [-0.2, -0.15) is 8.42 Å². The molecule has 1 atom stereocenters. The van der Waals surface area contributed by atoms with Crippen molar-refractivity contribution in [3.8, 4) is 0 Å². The van der Waals surface area contributed by atoms with E-state index >= 15 is 0 Å². The molecule has 0 aliphatic carbocycles. The Kier molecular flexibility index (Phi) is 14.4. The fourth-order valence-corrected chi connectivity index (χ4v) is 3.25. The van der Waals surface area contributed by atoms with Gasteiger partial charge in [0.2, 0.25) is 0 Å². The van der Waals surface area contributed by atoms with E-state index in [2.05, 4.69) is 6.92 Å². The summed E-state index contributed by atoms with van der Waals surface area (Å²) < 4.78 is 29.7. The van der Waals surface area contributed by atoms with E-state index in [1.807, 2.05) is 0 Å². The minimum Gasteiger partial charge on any atom is -0.393 e. The van der Waals surface area contributed by atoms with E-state index < -0.39 is 10.1 Å². The molecule has 0 amide bonds. The fraction of sp³-hybridized carbons (Fsp3) is 1.00. The van der Waals surface area contributed by atoms with Crippen LogP contribution in [0, 0.1) is 0 Å². The molecule has 0 radical (unpaired) electrons. The molecule has 0 aliphatic rings. The quantitative estimate of drug-likeness (QED) is 0.316. The molecule has 1 unspecified atom stereocenters. The molecular formula is C17H36O4S. The van der Waals surface area contributed by atoms with Crippen LogP contribution in [0.1, 0.15) is 96.8 Å². The zero-order valence-corrected chi connectivity index (χ0v) is 15.1. The molecule has 0 aromatic rings. The molecule has 134 valence electrons. The number of hydrogen-bond acceptors (Lipinski definition) is 3. The van der Waals surface area contributed by atoms with Gasteiger partial charge in [0.1, 0.15) is 0 Å². The van der Waals surface area contributed by atoms with Crippen LogP contribution in [0.5, 0.6) is 0 Å². The molecule has 0 aromatic carbocycles. The van der Waals surface area contributed by atoms with Crippen molar-refractivity contribution < 1.29 is 18.1 Å². The van der Waals surface area contributed by atoms with Crippen LogP contribution in [-0.2, 0) is 10.1 Å². The summed E-state index contributed by atoms with van der Waals surface area (Å²) in [5.41, 5.74) is 0. The molecule has 0 saturated carbocycles. The maximum Gasteiger partial charge on any atom is 0.264 e. The first kappa shape index (κ1) is 21.9. The van der Waals surface area contributed by atoms with Crippen molar-refractivity contribution in [2.24, 2.45) is 0 Å².